The zero-order valence-corrected chi connectivity index (χ0v) is 13.4. The van der Waals surface area contributed by atoms with Gasteiger partial charge in [-0.1, -0.05) is 19.3 Å². The van der Waals surface area contributed by atoms with Gasteiger partial charge in [-0.25, -0.2) is 0 Å². The van der Waals surface area contributed by atoms with Crippen LogP contribution in [0.15, 0.2) is 0 Å². The van der Waals surface area contributed by atoms with Crippen molar-refractivity contribution in [3.05, 3.63) is 0 Å². The lowest BCUT2D eigenvalue weighted by Crippen LogP contribution is -2.39. The summed E-state index contributed by atoms with van der Waals surface area (Å²) in [5, 5.41) is 3.07. The minimum atomic E-state index is 0.112. The molecule has 0 aromatic rings. The second kappa shape index (κ2) is 7.78. The average Bonchev–Trinajstić information content (AvgIpc) is 2.76. The minimum absolute atomic E-state index is 0.112. The molecule has 0 bridgehead atoms. The van der Waals surface area contributed by atoms with Gasteiger partial charge in [0.15, 0.2) is 0 Å². The van der Waals surface area contributed by atoms with E-state index in [4.69, 9.17) is 0 Å². The number of hydrogen-bond donors (Lipinski definition) is 1. The van der Waals surface area contributed by atoms with Gasteiger partial charge in [0.25, 0.3) is 0 Å². The molecule has 1 saturated heterocycles. The first-order valence-electron chi connectivity index (χ1n) is 8.24. The molecule has 5 heteroatoms. The summed E-state index contributed by atoms with van der Waals surface area (Å²) < 4.78 is 0. The van der Waals surface area contributed by atoms with Gasteiger partial charge in [0.05, 0.1) is 6.54 Å². The molecule has 1 heterocycles. The molecule has 1 N–H and O–H groups in total. The fourth-order valence-corrected chi connectivity index (χ4v) is 3.53. The number of likely N-dealkylation sites (tertiary alicyclic amines) is 1. The maximum Gasteiger partial charge on any atom is 0.234 e. The molecule has 0 aromatic heterocycles. The second-order valence-corrected chi connectivity index (χ2v) is 6.85. The highest BCUT2D eigenvalue weighted by atomic mass is 16.2. The van der Waals surface area contributed by atoms with Crippen molar-refractivity contribution in [3.63, 3.8) is 0 Å². The molecular formula is C16H29N3O2. The summed E-state index contributed by atoms with van der Waals surface area (Å²) in [7, 11) is 3.81. The molecule has 0 aromatic carbocycles. The molecule has 2 fully saturated rings. The predicted octanol–water partition coefficient (Wildman–Crippen LogP) is 1.09. The van der Waals surface area contributed by atoms with E-state index in [1.54, 1.807) is 4.90 Å². The highest BCUT2D eigenvalue weighted by Crippen LogP contribution is 2.22. The van der Waals surface area contributed by atoms with Crippen LogP contribution in [0.5, 0.6) is 0 Å². The number of likely N-dealkylation sites (N-methyl/N-ethyl adjacent to an activating group) is 1. The molecule has 1 saturated carbocycles. The second-order valence-electron chi connectivity index (χ2n) is 6.85. The van der Waals surface area contributed by atoms with Crippen molar-refractivity contribution in [1.29, 1.82) is 0 Å². The Morgan fingerprint density at radius 3 is 2.62 bits per heavy atom. The third-order valence-corrected chi connectivity index (χ3v) is 4.72. The van der Waals surface area contributed by atoms with Crippen LogP contribution in [-0.2, 0) is 9.59 Å². The summed E-state index contributed by atoms with van der Waals surface area (Å²) in [5.41, 5.74) is 0. The maximum absolute atomic E-state index is 12.0. The highest BCUT2D eigenvalue weighted by Gasteiger charge is 2.27. The molecular weight excluding hydrogens is 266 g/mol. The van der Waals surface area contributed by atoms with E-state index < -0.39 is 0 Å². The lowest BCUT2D eigenvalue weighted by Gasteiger charge is -2.23. The highest BCUT2D eigenvalue weighted by molar-refractivity contribution is 5.79. The van der Waals surface area contributed by atoms with E-state index in [1.807, 2.05) is 19.0 Å². The summed E-state index contributed by atoms with van der Waals surface area (Å²) in [4.78, 5) is 27.3. The van der Waals surface area contributed by atoms with Gasteiger partial charge in [-0.3, -0.25) is 14.5 Å². The van der Waals surface area contributed by atoms with Crippen molar-refractivity contribution in [2.24, 2.45) is 11.8 Å². The van der Waals surface area contributed by atoms with Crippen LogP contribution >= 0.6 is 0 Å². The number of rotatable bonds is 6. The zero-order valence-electron chi connectivity index (χ0n) is 13.4. The number of carbonyl (C=O) groups excluding carboxylic acids is 2. The molecule has 21 heavy (non-hydrogen) atoms. The normalized spacial score (nSPS) is 23.9. The van der Waals surface area contributed by atoms with E-state index in [9.17, 15) is 9.59 Å². The maximum atomic E-state index is 12.0. The molecule has 0 spiro atoms. The van der Waals surface area contributed by atoms with Gasteiger partial charge in [-0.05, 0) is 31.7 Å². The van der Waals surface area contributed by atoms with Crippen molar-refractivity contribution in [1.82, 2.24) is 15.1 Å². The van der Waals surface area contributed by atoms with Crippen LogP contribution in [0, 0.1) is 11.8 Å². The summed E-state index contributed by atoms with van der Waals surface area (Å²) >= 11 is 0. The molecule has 0 unspecified atom stereocenters. The van der Waals surface area contributed by atoms with E-state index in [-0.39, 0.29) is 11.8 Å². The van der Waals surface area contributed by atoms with Crippen LogP contribution in [0.1, 0.15) is 38.5 Å². The molecule has 120 valence electrons. The molecule has 1 aliphatic heterocycles. The van der Waals surface area contributed by atoms with E-state index in [2.05, 4.69) is 5.32 Å². The minimum Gasteiger partial charge on any atom is -0.355 e. The fourth-order valence-electron chi connectivity index (χ4n) is 3.53. The molecule has 1 aliphatic carbocycles. The Labute approximate surface area is 128 Å². The summed E-state index contributed by atoms with van der Waals surface area (Å²) in [6.07, 6.45) is 7.10. The Balaban J connectivity index is 1.61. The lowest BCUT2D eigenvalue weighted by atomic mass is 9.89. The fraction of sp³-hybridized carbons (Fsp3) is 0.875. The largest absolute Gasteiger partial charge is 0.355 e. The quantitative estimate of drug-likeness (QED) is 0.798. The van der Waals surface area contributed by atoms with Gasteiger partial charge in [-0.2, -0.15) is 0 Å². The molecule has 5 nitrogen and oxygen atoms in total. The number of hydrogen-bond acceptors (Lipinski definition) is 3. The van der Waals surface area contributed by atoms with E-state index in [1.165, 1.54) is 32.1 Å². The molecule has 2 amide bonds. The standard InChI is InChI=1S/C16H29N3O2/c1-18(10-14-8-16(21)19(2)11-14)12-15(20)17-9-13-6-4-3-5-7-13/h13-14H,3-12H2,1-2H3,(H,17,20)/t14-/m1/s1. The van der Waals surface area contributed by atoms with Crippen LogP contribution in [0.3, 0.4) is 0 Å². The monoisotopic (exact) mass is 295 g/mol. The van der Waals surface area contributed by atoms with E-state index >= 15 is 0 Å². The van der Waals surface area contributed by atoms with Crippen molar-refractivity contribution < 1.29 is 9.59 Å². The molecule has 2 rings (SSSR count). The van der Waals surface area contributed by atoms with Gasteiger partial charge in [0.2, 0.25) is 11.8 Å². The van der Waals surface area contributed by atoms with Crippen LogP contribution in [-0.4, -0.2) is 61.9 Å². The Morgan fingerprint density at radius 2 is 2.00 bits per heavy atom. The lowest BCUT2D eigenvalue weighted by molar-refractivity contribution is -0.126. The Kier molecular flexibility index (Phi) is 6.03. The van der Waals surface area contributed by atoms with Crippen LogP contribution in [0.2, 0.25) is 0 Å². The third-order valence-electron chi connectivity index (χ3n) is 4.72. The van der Waals surface area contributed by atoms with Crippen molar-refractivity contribution in [2.75, 3.05) is 40.3 Å². The number of nitrogens with zero attached hydrogens (tertiary/aromatic N) is 2. The van der Waals surface area contributed by atoms with Gasteiger partial charge in [-0.15, -0.1) is 0 Å². The van der Waals surface area contributed by atoms with Crippen molar-refractivity contribution in [2.45, 2.75) is 38.5 Å². The van der Waals surface area contributed by atoms with Gasteiger partial charge >= 0.3 is 0 Å². The topological polar surface area (TPSA) is 52.7 Å². The van der Waals surface area contributed by atoms with Crippen molar-refractivity contribution >= 4 is 11.8 Å². The summed E-state index contributed by atoms with van der Waals surface area (Å²) in [6, 6.07) is 0. The third kappa shape index (κ3) is 5.30. The first-order chi connectivity index (χ1) is 10.0. The van der Waals surface area contributed by atoms with E-state index in [0.717, 1.165) is 19.6 Å². The van der Waals surface area contributed by atoms with E-state index in [0.29, 0.717) is 24.8 Å². The smallest absolute Gasteiger partial charge is 0.234 e. The Morgan fingerprint density at radius 1 is 1.29 bits per heavy atom. The predicted molar refractivity (Wildman–Crippen MR) is 82.8 cm³/mol. The first kappa shape index (κ1) is 16.3. The van der Waals surface area contributed by atoms with Crippen LogP contribution in [0.25, 0.3) is 0 Å². The van der Waals surface area contributed by atoms with Crippen LogP contribution < -0.4 is 5.32 Å². The Bertz CT molecular complexity index is 367. The van der Waals surface area contributed by atoms with Gasteiger partial charge < -0.3 is 10.2 Å². The average molecular weight is 295 g/mol. The zero-order chi connectivity index (χ0) is 15.2. The van der Waals surface area contributed by atoms with Crippen LogP contribution in [0.4, 0.5) is 0 Å². The number of carbonyl (C=O) groups is 2. The number of nitrogens with one attached hydrogen (secondary N) is 1. The Hall–Kier alpha value is -1.10. The van der Waals surface area contributed by atoms with Gasteiger partial charge in [0.1, 0.15) is 0 Å². The summed E-state index contributed by atoms with van der Waals surface area (Å²) in [5.74, 6) is 1.36. The summed E-state index contributed by atoms with van der Waals surface area (Å²) in [6.45, 7) is 2.89. The molecule has 2 aliphatic rings. The molecule has 1 atom stereocenters. The van der Waals surface area contributed by atoms with Crippen molar-refractivity contribution in [3.8, 4) is 0 Å². The van der Waals surface area contributed by atoms with Gasteiger partial charge in [0, 0.05) is 33.1 Å². The first-order valence-corrected chi connectivity index (χ1v) is 8.24. The number of amides is 2. The SMILES string of the molecule is CN(CC(=O)NCC1CCCCC1)C[C@H]1CC(=O)N(C)C1. The molecule has 0 radical (unpaired) electrons.